The van der Waals surface area contributed by atoms with Gasteiger partial charge in [0.05, 0.1) is 16.4 Å². The summed E-state index contributed by atoms with van der Waals surface area (Å²) in [5.41, 5.74) is 14.9. The maximum atomic E-state index is 6.69. The second-order valence-corrected chi connectivity index (χ2v) is 13.7. The molecular weight excluding hydrogens is 619 g/mol. The Labute approximate surface area is 295 Å². The number of benzene rings is 8. The van der Waals surface area contributed by atoms with Crippen molar-refractivity contribution in [2.75, 3.05) is 0 Å². The first-order valence-electron chi connectivity index (χ1n) is 17.6. The molecule has 2 aromatic heterocycles. The van der Waals surface area contributed by atoms with Gasteiger partial charge in [-0.15, -0.1) is 0 Å². The molecular formula is C49H31NO. The zero-order chi connectivity index (χ0) is 33.5. The van der Waals surface area contributed by atoms with Gasteiger partial charge in [-0.2, -0.15) is 0 Å². The maximum Gasteiger partial charge on any atom is 0.137 e. The first-order valence-corrected chi connectivity index (χ1v) is 17.6. The van der Waals surface area contributed by atoms with Crippen LogP contribution in [0.4, 0.5) is 0 Å². The van der Waals surface area contributed by atoms with Crippen LogP contribution in [0.1, 0.15) is 22.3 Å². The molecule has 238 valence electrons. The Hall–Kier alpha value is -6.64. The van der Waals surface area contributed by atoms with Gasteiger partial charge in [0.2, 0.25) is 0 Å². The van der Waals surface area contributed by atoms with Gasteiger partial charge in [-0.1, -0.05) is 140 Å². The molecule has 0 saturated carbocycles. The molecule has 0 fully saturated rings. The van der Waals surface area contributed by atoms with Crippen molar-refractivity contribution in [3.8, 4) is 27.9 Å². The van der Waals surface area contributed by atoms with Gasteiger partial charge < -0.3 is 8.98 Å². The molecule has 0 bridgehead atoms. The number of hydrogen-bond donors (Lipinski definition) is 0. The van der Waals surface area contributed by atoms with Gasteiger partial charge in [-0.3, -0.25) is 0 Å². The van der Waals surface area contributed by atoms with Crippen LogP contribution in [0.3, 0.4) is 0 Å². The van der Waals surface area contributed by atoms with Crippen LogP contribution >= 0.6 is 0 Å². The number of para-hydroxylation sites is 2. The summed E-state index contributed by atoms with van der Waals surface area (Å²) in [6.07, 6.45) is 0. The summed E-state index contributed by atoms with van der Waals surface area (Å²) in [6.45, 7) is 0. The quantitative estimate of drug-likeness (QED) is 0.186. The highest BCUT2D eigenvalue weighted by Crippen LogP contribution is 2.56. The zero-order valence-corrected chi connectivity index (χ0v) is 27.8. The van der Waals surface area contributed by atoms with E-state index in [0.717, 1.165) is 33.2 Å². The predicted molar refractivity (Wildman–Crippen MR) is 211 cm³/mol. The lowest BCUT2D eigenvalue weighted by molar-refractivity contribution is 0.669. The smallest absolute Gasteiger partial charge is 0.137 e. The Bertz CT molecular complexity index is 2870. The number of furan rings is 1. The van der Waals surface area contributed by atoms with Crippen molar-refractivity contribution in [1.82, 2.24) is 4.57 Å². The van der Waals surface area contributed by atoms with Crippen LogP contribution in [0.15, 0.2) is 192 Å². The zero-order valence-electron chi connectivity index (χ0n) is 27.8. The normalized spacial score (nSPS) is 13.3. The summed E-state index contributed by atoms with van der Waals surface area (Å²) >= 11 is 0. The highest BCUT2D eigenvalue weighted by molar-refractivity contribution is 6.10. The van der Waals surface area contributed by atoms with Gasteiger partial charge in [-0.25, -0.2) is 0 Å². The Morgan fingerprint density at radius 2 is 0.902 bits per heavy atom. The molecule has 1 aliphatic rings. The van der Waals surface area contributed by atoms with Crippen LogP contribution in [0, 0.1) is 0 Å². The largest absolute Gasteiger partial charge is 0.456 e. The van der Waals surface area contributed by atoms with E-state index in [0.29, 0.717) is 0 Å². The lowest BCUT2D eigenvalue weighted by Crippen LogP contribution is -2.28. The fourth-order valence-corrected chi connectivity index (χ4v) is 8.91. The van der Waals surface area contributed by atoms with Gasteiger partial charge in [0.15, 0.2) is 0 Å². The molecule has 0 unspecified atom stereocenters. The van der Waals surface area contributed by atoms with Crippen molar-refractivity contribution in [2.24, 2.45) is 0 Å². The minimum Gasteiger partial charge on any atom is -0.456 e. The third kappa shape index (κ3) is 3.93. The monoisotopic (exact) mass is 649 g/mol. The van der Waals surface area contributed by atoms with E-state index in [9.17, 15) is 0 Å². The molecule has 0 spiro atoms. The van der Waals surface area contributed by atoms with E-state index in [1.807, 2.05) is 0 Å². The van der Waals surface area contributed by atoms with Crippen LogP contribution in [-0.2, 0) is 5.41 Å². The molecule has 2 nitrogen and oxygen atoms in total. The molecule has 2 heterocycles. The SMILES string of the molecule is c1ccc(C2(c3ccccc3)c3ccccc3-c3ccc(-c4ccc5c(c4)oc4cc(-n6c7ccccc7c7ccccc76)ccc45)cc32)cc1. The first kappa shape index (κ1) is 28.2. The van der Waals surface area contributed by atoms with E-state index in [-0.39, 0.29) is 0 Å². The Morgan fingerprint density at radius 3 is 1.61 bits per heavy atom. The van der Waals surface area contributed by atoms with Crippen LogP contribution < -0.4 is 0 Å². The molecule has 8 aromatic carbocycles. The van der Waals surface area contributed by atoms with Gasteiger partial charge >= 0.3 is 0 Å². The van der Waals surface area contributed by atoms with Crippen LogP contribution in [0.2, 0.25) is 0 Å². The van der Waals surface area contributed by atoms with Crippen LogP contribution in [0.25, 0.3) is 71.7 Å². The molecule has 0 radical (unpaired) electrons. The Balaban J connectivity index is 1.08. The van der Waals surface area contributed by atoms with Crippen LogP contribution in [0.5, 0.6) is 0 Å². The number of aromatic nitrogens is 1. The van der Waals surface area contributed by atoms with Crippen molar-refractivity contribution in [3.63, 3.8) is 0 Å². The number of hydrogen-bond acceptors (Lipinski definition) is 1. The molecule has 0 amide bonds. The maximum absolute atomic E-state index is 6.69. The summed E-state index contributed by atoms with van der Waals surface area (Å²) in [5, 5.41) is 4.75. The molecule has 0 saturated heterocycles. The lowest BCUT2D eigenvalue weighted by Gasteiger charge is -2.34. The molecule has 51 heavy (non-hydrogen) atoms. The first-order chi connectivity index (χ1) is 25.3. The number of nitrogens with zero attached hydrogens (tertiary/aromatic N) is 1. The van der Waals surface area contributed by atoms with E-state index >= 15 is 0 Å². The third-order valence-electron chi connectivity index (χ3n) is 11.1. The summed E-state index contributed by atoms with van der Waals surface area (Å²) < 4.78 is 9.03. The van der Waals surface area contributed by atoms with Crippen molar-refractivity contribution in [2.45, 2.75) is 5.41 Å². The van der Waals surface area contributed by atoms with Gasteiger partial charge in [0, 0.05) is 33.3 Å². The van der Waals surface area contributed by atoms with Gasteiger partial charge in [-0.05, 0) is 87.0 Å². The predicted octanol–water partition coefficient (Wildman–Crippen LogP) is 12.7. The minimum atomic E-state index is -0.433. The topological polar surface area (TPSA) is 18.1 Å². The Morgan fingerprint density at radius 1 is 0.373 bits per heavy atom. The average Bonchev–Trinajstić information content (AvgIpc) is 3.84. The molecule has 1 aliphatic carbocycles. The molecule has 10 aromatic rings. The lowest BCUT2D eigenvalue weighted by atomic mass is 9.67. The number of fused-ring (bicyclic) bond motifs is 9. The molecule has 0 N–H and O–H groups in total. The fourth-order valence-electron chi connectivity index (χ4n) is 8.91. The molecule has 2 heteroatoms. The van der Waals surface area contributed by atoms with E-state index in [1.165, 1.54) is 60.8 Å². The van der Waals surface area contributed by atoms with E-state index in [2.05, 4.69) is 193 Å². The van der Waals surface area contributed by atoms with Crippen molar-refractivity contribution >= 4 is 43.7 Å². The summed E-state index contributed by atoms with van der Waals surface area (Å²) in [5.74, 6) is 0. The second kappa shape index (κ2) is 10.7. The van der Waals surface area contributed by atoms with Gasteiger partial charge in [0.25, 0.3) is 0 Å². The molecule has 0 aliphatic heterocycles. The molecule has 11 rings (SSSR count). The number of rotatable bonds is 4. The highest BCUT2D eigenvalue weighted by Gasteiger charge is 2.46. The van der Waals surface area contributed by atoms with E-state index in [4.69, 9.17) is 4.42 Å². The molecule has 0 atom stereocenters. The summed E-state index contributed by atoms with van der Waals surface area (Å²) in [6, 6.07) is 68.4. The summed E-state index contributed by atoms with van der Waals surface area (Å²) in [7, 11) is 0. The standard InChI is InChI=1S/C49H31NO/c1-3-13-34(14-4-1)49(35-15-5-2-6-16-35)43-20-10-7-17-37(43)38-26-23-32(29-44(38)49)33-24-27-41-42-28-25-36(31-48(42)51-47(41)30-33)50-45-21-11-8-18-39(45)40-19-9-12-22-46(40)50/h1-31H. The van der Waals surface area contributed by atoms with Gasteiger partial charge in [0.1, 0.15) is 11.2 Å². The van der Waals surface area contributed by atoms with Crippen molar-refractivity contribution < 1.29 is 4.42 Å². The average molecular weight is 650 g/mol. The van der Waals surface area contributed by atoms with E-state index in [1.54, 1.807) is 0 Å². The summed E-state index contributed by atoms with van der Waals surface area (Å²) in [4.78, 5) is 0. The second-order valence-electron chi connectivity index (χ2n) is 13.7. The van der Waals surface area contributed by atoms with Crippen LogP contribution in [-0.4, -0.2) is 4.57 Å². The third-order valence-corrected chi connectivity index (χ3v) is 11.1. The van der Waals surface area contributed by atoms with E-state index < -0.39 is 5.41 Å². The highest BCUT2D eigenvalue weighted by atomic mass is 16.3. The fraction of sp³-hybridized carbons (Fsp3) is 0.0204. The van der Waals surface area contributed by atoms with Crippen molar-refractivity contribution in [1.29, 1.82) is 0 Å². The Kier molecular flexibility index (Phi) is 5.91. The van der Waals surface area contributed by atoms with Crippen molar-refractivity contribution in [3.05, 3.63) is 210 Å². The minimum absolute atomic E-state index is 0.433.